The first-order valence-electron chi connectivity index (χ1n) is 19.0. The molecular weight excluding hydrogens is 552 g/mol. The molecule has 0 rings (SSSR count). The van der Waals surface area contributed by atoms with Gasteiger partial charge in [-0.1, -0.05) is 168 Å². The van der Waals surface area contributed by atoms with Gasteiger partial charge in [-0.25, -0.2) is 0 Å². The van der Waals surface area contributed by atoms with E-state index in [1.54, 1.807) is 0 Å². The Labute approximate surface area is 272 Å². The van der Waals surface area contributed by atoms with Crippen LogP contribution in [0.4, 0.5) is 0 Å². The molecule has 0 aromatic rings. The van der Waals surface area contributed by atoms with Crippen LogP contribution >= 0.6 is 0 Å². The quantitative estimate of drug-likeness (QED) is 0.0402. The zero-order chi connectivity index (χ0) is 32.4. The van der Waals surface area contributed by atoms with Gasteiger partial charge >= 0.3 is 17.9 Å². The minimum absolute atomic E-state index is 0.0647. The number of hydrogen-bond donors (Lipinski definition) is 0. The molecule has 0 saturated heterocycles. The summed E-state index contributed by atoms with van der Waals surface area (Å²) in [5, 5.41) is 0. The van der Waals surface area contributed by atoms with Gasteiger partial charge < -0.3 is 14.2 Å². The summed E-state index contributed by atoms with van der Waals surface area (Å²) < 4.78 is 16.5. The van der Waals surface area contributed by atoms with Crippen molar-refractivity contribution in [1.82, 2.24) is 0 Å². The highest BCUT2D eigenvalue weighted by Gasteiger charge is 2.19. The second-order valence-corrected chi connectivity index (χ2v) is 12.9. The standard InChI is InChI=1S/C38H72O6/c1-4-7-10-13-16-19-20-23-25-28-31-37(40)43-34-35(44-38(41)32-29-26-22-18-15-12-9-6-3)33-42-36(39)30-27-24-21-17-14-11-8-5-2/h35H,4-34H2,1-3H3. The Bertz CT molecular complexity index is 649. The first kappa shape index (κ1) is 42.4. The number of carbonyl (C=O) groups is 3. The molecule has 0 bridgehead atoms. The van der Waals surface area contributed by atoms with Crippen LogP contribution in [0.3, 0.4) is 0 Å². The molecule has 1 atom stereocenters. The van der Waals surface area contributed by atoms with Gasteiger partial charge in [0.2, 0.25) is 0 Å². The highest BCUT2D eigenvalue weighted by molar-refractivity contribution is 5.71. The maximum Gasteiger partial charge on any atom is 0.306 e. The van der Waals surface area contributed by atoms with E-state index in [0.29, 0.717) is 19.3 Å². The van der Waals surface area contributed by atoms with Crippen LogP contribution in [0.5, 0.6) is 0 Å². The molecular formula is C38H72O6. The summed E-state index contributed by atoms with van der Waals surface area (Å²) in [7, 11) is 0. The Morgan fingerprint density at radius 2 is 0.614 bits per heavy atom. The second-order valence-electron chi connectivity index (χ2n) is 12.9. The van der Waals surface area contributed by atoms with Crippen molar-refractivity contribution in [2.24, 2.45) is 0 Å². The predicted octanol–water partition coefficient (Wildman–Crippen LogP) is 11.4. The zero-order valence-electron chi connectivity index (χ0n) is 29.4. The predicted molar refractivity (Wildman–Crippen MR) is 183 cm³/mol. The fourth-order valence-corrected chi connectivity index (χ4v) is 5.44. The SMILES string of the molecule is CCCCCCCCCCCCC(=O)OCC(COC(=O)CCCCCCCCCC)OC(=O)CCCCCCCCCC. The first-order chi connectivity index (χ1) is 21.5. The normalized spacial score (nSPS) is 11.8. The molecule has 0 saturated carbocycles. The third kappa shape index (κ3) is 31.8. The van der Waals surface area contributed by atoms with Crippen LogP contribution < -0.4 is 0 Å². The number of ether oxygens (including phenoxy) is 3. The van der Waals surface area contributed by atoms with E-state index in [-0.39, 0.29) is 31.1 Å². The van der Waals surface area contributed by atoms with Gasteiger partial charge in [-0.2, -0.15) is 0 Å². The number of esters is 3. The Morgan fingerprint density at radius 1 is 0.364 bits per heavy atom. The number of carbonyl (C=O) groups excluding carboxylic acids is 3. The number of rotatable bonds is 34. The molecule has 0 aliphatic rings. The number of unbranched alkanes of at least 4 members (excludes halogenated alkanes) is 23. The minimum Gasteiger partial charge on any atom is -0.462 e. The largest absolute Gasteiger partial charge is 0.462 e. The van der Waals surface area contributed by atoms with Crippen molar-refractivity contribution < 1.29 is 28.6 Å². The molecule has 1 unspecified atom stereocenters. The summed E-state index contributed by atoms with van der Waals surface area (Å²) >= 11 is 0. The second kappa shape index (κ2) is 34.3. The third-order valence-corrected chi connectivity index (χ3v) is 8.36. The molecule has 0 N–H and O–H groups in total. The Kier molecular flexibility index (Phi) is 33.0. The van der Waals surface area contributed by atoms with Crippen molar-refractivity contribution in [3.63, 3.8) is 0 Å². The average molecular weight is 625 g/mol. The van der Waals surface area contributed by atoms with Crippen LogP contribution in [-0.4, -0.2) is 37.2 Å². The van der Waals surface area contributed by atoms with Gasteiger partial charge in [-0.05, 0) is 19.3 Å². The lowest BCUT2D eigenvalue weighted by molar-refractivity contribution is -0.167. The molecule has 0 aromatic heterocycles. The molecule has 0 heterocycles. The van der Waals surface area contributed by atoms with Crippen LogP contribution in [0.15, 0.2) is 0 Å². The van der Waals surface area contributed by atoms with E-state index in [2.05, 4.69) is 20.8 Å². The first-order valence-corrected chi connectivity index (χ1v) is 19.0. The van der Waals surface area contributed by atoms with E-state index in [0.717, 1.165) is 57.8 Å². The Balaban J connectivity index is 4.33. The van der Waals surface area contributed by atoms with Gasteiger partial charge in [-0.15, -0.1) is 0 Å². The molecule has 0 aromatic carbocycles. The van der Waals surface area contributed by atoms with Crippen molar-refractivity contribution in [3.05, 3.63) is 0 Å². The Hall–Kier alpha value is -1.59. The highest BCUT2D eigenvalue weighted by atomic mass is 16.6. The average Bonchev–Trinajstić information content (AvgIpc) is 3.02. The molecule has 6 nitrogen and oxygen atoms in total. The highest BCUT2D eigenvalue weighted by Crippen LogP contribution is 2.14. The van der Waals surface area contributed by atoms with Gasteiger partial charge in [0.15, 0.2) is 6.10 Å². The van der Waals surface area contributed by atoms with Crippen LogP contribution in [0.1, 0.15) is 207 Å². The monoisotopic (exact) mass is 625 g/mol. The van der Waals surface area contributed by atoms with E-state index in [1.165, 1.54) is 109 Å². The third-order valence-electron chi connectivity index (χ3n) is 8.36. The minimum atomic E-state index is -0.754. The van der Waals surface area contributed by atoms with Crippen molar-refractivity contribution in [1.29, 1.82) is 0 Å². The lowest BCUT2D eigenvalue weighted by atomic mass is 10.1. The smallest absolute Gasteiger partial charge is 0.306 e. The molecule has 0 spiro atoms. The fourth-order valence-electron chi connectivity index (χ4n) is 5.44. The molecule has 6 heteroatoms. The maximum atomic E-state index is 12.5. The van der Waals surface area contributed by atoms with Crippen LogP contribution in [0, 0.1) is 0 Å². The van der Waals surface area contributed by atoms with E-state index in [4.69, 9.17) is 14.2 Å². The van der Waals surface area contributed by atoms with Crippen molar-refractivity contribution in [3.8, 4) is 0 Å². The lowest BCUT2D eigenvalue weighted by Gasteiger charge is -2.18. The molecule has 260 valence electrons. The summed E-state index contributed by atoms with van der Waals surface area (Å²) in [4.78, 5) is 37.2. The molecule has 0 radical (unpaired) electrons. The molecule has 0 aliphatic carbocycles. The van der Waals surface area contributed by atoms with Gasteiger partial charge in [0.05, 0.1) is 0 Å². The summed E-state index contributed by atoms with van der Waals surface area (Å²) in [6.45, 7) is 6.55. The van der Waals surface area contributed by atoms with E-state index < -0.39 is 6.10 Å². The van der Waals surface area contributed by atoms with E-state index in [9.17, 15) is 14.4 Å². The van der Waals surface area contributed by atoms with Gasteiger partial charge in [-0.3, -0.25) is 14.4 Å². The molecule has 44 heavy (non-hydrogen) atoms. The Morgan fingerprint density at radius 3 is 0.909 bits per heavy atom. The molecule has 0 aliphatic heterocycles. The summed E-state index contributed by atoms with van der Waals surface area (Å²) in [6, 6.07) is 0. The molecule has 0 amide bonds. The lowest BCUT2D eigenvalue weighted by Crippen LogP contribution is -2.30. The summed E-state index contributed by atoms with van der Waals surface area (Å²) in [5.41, 5.74) is 0. The van der Waals surface area contributed by atoms with Crippen LogP contribution in [0.25, 0.3) is 0 Å². The van der Waals surface area contributed by atoms with Gasteiger partial charge in [0, 0.05) is 19.3 Å². The van der Waals surface area contributed by atoms with Crippen LogP contribution in [-0.2, 0) is 28.6 Å². The van der Waals surface area contributed by atoms with Crippen molar-refractivity contribution in [2.45, 2.75) is 213 Å². The fraction of sp³-hybridized carbons (Fsp3) is 0.921. The topological polar surface area (TPSA) is 78.9 Å². The molecule has 0 fully saturated rings. The van der Waals surface area contributed by atoms with Gasteiger partial charge in [0.25, 0.3) is 0 Å². The van der Waals surface area contributed by atoms with Crippen molar-refractivity contribution in [2.75, 3.05) is 13.2 Å². The van der Waals surface area contributed by atoms with Crippen LogP contribution in [0.2, 0.25) is 0 Å². The van der Waals surface area contributed by atoms with Crippen molar-refractivity contribution >= 4 is 17.9 Å². The maximum absolute atomic E-state index is 12.5. The zero-order valence-corrected chi connectivity index (χ0v) is 29.4. The van der Waals surface area contributed by atoms with E-state index >= 15 is 0 Å². The van der Waals surface area contributed by atoms with Gasteiger partial charge in [0.1, 0.15) is 13.2 Å². The summed E-state index contributed by atoms with van der Waals surface area (Å²) in [6.07, 6.45) is 30.9. The summed E-state index contributed by atoms with van der Waals surface area (Å²) in [5.74, 6) is -0.874. The number of hydrogen-bond acceptors (Lipinski definition) is 6. The van der Waals surface area contributed by atoms with E-state index in [1.807, 2.05) is 0 Å².